The first-order valence-electron chi connectivity index (χ1n) is 6.43. The van der Waals surface area contributed by atoms with Crippen molar-refractivity contribution in [2.75, 3.05) is 31.9 Å². The molecule has 3 N–H and O–H groups in total. The smallest absolute Gasteiger partial charge is 0.312 e. The minimum Gasteiger partial charge on any atom is -0.378 e. The number of sulfonamides is 1. The van der Waals surface area contributed by atoms with E-state index in [0.717, 1.165) is 25.4 Å². The first-order chi connectivity index (χ1) is 9.81. The maximum Gasteiger partial charge on any atom is 0.312 e. The van der Waals surface area contributed by atoms with E-state index in [1.807, 2.05) is 18.7 Å². The fraction of sp³-hybridized carbons (Fsp3) is 0.545. The molecule has 0 saturated carbocycles. The van der Waals surface area contributed by atoms with Gasteiger partial charge in [0.25, 0.3) is 0 Å². The molecular weight excluding hydrogens is 298 g/mol. The Bertz CT molecular complexity index is 601. The van der Waals surface area contributed by atoms with Crippen molar-refractivity contribution in [2.24, 2.45) is 0 Å². The molecule has 1 rings (SSSR count). The van der Waals surface area contributed by atoms with Crippen molar-refractivity contribution in [3.05, 3.63) is 22.4 Å². The molecule has 1 aromatic rings. The highest BCUT2D eigenvalue weighted by Gasteiger charge is 2.21. The lowest BCUT2D eigenvalue weighted by Gasteiger charge is -2.17. The van der Waals surface area contributed by atoms with E-state index >= 15 is 0 Å². The summed E-state index contributed by atoms with van der Waals surface area (Å²) in [6, 6.07) is 0.905. The molecule has 0 aliphatic heterocycles. The fourth-order valence-corrected chi connectivity index (χ4v) is 2.68. The van der Waals surface area contributed by atoms with Gasteiger partial charge in [0.2, 0.25) is 15.8 Å². The van der Waals surface area contributed by atoms with Gasteiger partial charge in [0.1, 0.15) is 4.90 Å². The van der Waals surface area contributed by atoms with Crippen LogP contribution in [0.25, 0.3) is 0 Å². The van der Waals surface area contributed by atoms with Crippen molar-refractivity contribution < 1.29 is 13.3 Å². The van der Waals surface area contributed by atoms with Crippen molar-refractivity contribution in [1.29, 1.82) is 0 Å². The van der Waals surface area contributed by atoms with Gasteiger partial charge in [-0.3, -0.25) is 10.1 Å². The molecule has 0 spiro atoms. The van der Waals surface area contributed by atoms with Crippen LogP contribution in [-0.2, 0) is 10.0 Å². The summed E-state index contributed by atoms with van der Waals surface area (Å²) in [7, 11) is -3.84. The number of pyridine rings is 1. The predicted octanol–water partition coefficient (Wildman–Crippen LogP) is 0.192. The van der Waals surface area contributed by atoms with E-state index in [9.17, 15) is 18.5 Å². The third kappa shape index (κ3) is 4.62. The van der Waals surface area contributed by atoms with Gasteiger partial charge in [-0.2, -0.15) is 0 Å². The number of hydrogen-bond donors (Lipinski definition) is 2. The second-order valence-corrected chi connectivity index (χ2v) is 6.02. The number of rotatable bonds is 8. The normalized spacial score (nSPS) is 11.8. The second-order valence-electron chi connectivity index (χ2n) is 4.26. The van der Waals surface area contributed by atoms with Gasteiger partial charge >= 0.3 is 5.69 Å². The molecule has 0 radical (unpaired) electrons. The molecule has 0 aliphatic rings. The van der Waals surface area contributed by atoms with E-state index < -0.39 is 20.6 Å². The zero-order chi connectivity index (χ0) is 16.0. The SMILES string of the molecule is CCN(CC)CCNS(=O)(=O)c1cnc(N)c([N+](=O)[O-])c1. The molecule has 1 heterocycles. The number of nitrogens with zero attached hydrogens (tertiary/aromatic N) is 3. The molecule has 9 nitrogen and oxygen atoms in total. The minimum atomic E-state index is -3.84. The molecule has 0 aromatic carbocycles. The summed E-state index contributed by atoms with van der Waals surface area (Å²) in [4.78, 5) is 15.3. The number of nitrogens with one attached hydrogen (secondary N) is 1. The average Bonchev–Trinajstić information content (AvgIpc) is 2.43. The standard InChI is InChI=1S/C11H19N5O4S/c1-3-15(4-2)6-5-14-21(19,20)9-7-10(16(17)18)11(12)13-8-9/h7-8,14H,3-6H2,1-2H3,(H2,12,13). The van der Waals surface area contributed by atoms with Crippen LogP contribution in [0, 0.1) is 10.1 Å². The number of hydrogen-bond acceptors (Lipinski definition) is 7. The summed E-state index contributed by atoms with van der Waals surface area (Å²) in [5, 5.41) is 10.7. The van der Waals surface area contributed by atoms with E-state index in [0.29, 0.717) is 6.54 Å². The van der Waals surface area contributed by atoms with Crippen molar-refractivity contribution in [1.82, 2.24) is 14.6 Å². The minimum absolute atomic E-state index is 0.211. The van der Waals surface area contributed by atoms with Crippen LogP contribution in [0.3, 0.4) is 0 Å². The summed E-state index contributed by atoms with van der Waals surface area (Å²) >= 11 is 0. The van der Waals surface area contributed by atoms with E-state index in [1.165, 1.54) is 0 Å². The van der Waals surface area contributed by atoms with Crippen LogP contribution in [0.15, 0.2) is 17.2 Å². The van der Waals surface area contributed by atoms with Crippen molar-refractivity contribution in [2.45, 2.75) is 18.7 Å². The lowest BCUT2D eigenvalue weighted by atomic mass is 10.4. The van der Waals surface area contributed by atoms with Crippen molar-refractivity contribution >= 4 is 21.5 Å². The molecule has 1 aromatic heterocycles. The Morgan fingerprint density at radius 2 is 2.05 bits per heavy atom. The number of anilines is 1. The van der Waals surface area contributed by atoms with Gasteiger partial charge in [0, 0.05) is 25.4 Å². The van der Waals surface area contributed by atoms with E-state index in [-0.39, 0.29) is 17.3 Å². The van der Waals surface area contributed by atoms with Gasteiger partial charge in [-0.25, -0.2) is 18.1 Å². The molecule has 0 fully saturated rings. The molecule has 0 bridgehead atoms. The Labute approximate surface area is 123 Å². The summed E-state index contributed by atoms with van der Waals surface area (Å²) < 4.78 is 26.5. The van der Waals surface area contributed by atoms with Gasteiger partial charge in [-0.1, -0.05) is 13.8 Å². The van der Waals surface area contributed by atoms with Gasteiger partial charge in [0.15, 0.2) is 0 Å². The van der Waals surface area contributed by atoms with Crippen molar-refractivity contribution in [3.8, 4) is 0 Å². The molecule has 0 amide bonds. The second kappa shape index (κ2) is 7.29. The largest absolute Gasteiger partial charge is 0.378 e. The molecular formula is C11H19N5O4S. The van der Waals surface area contributed by atoms with E-state index in [4.69, 9.17) is 5.73 Å². The third-order valence-electron chi connectivity index (χ3n) is 2.99. The topological polar surface area (TPSA) is 131 Å². The lowest BCUT2D eigenvalue weighted by molar-refractivity contribution is -0.384. The molecule has 118 valence electrons. The van der Waals surface area contributed by atoms with Crippen LogP contribution < -0.4 is 10.5 Å². The first-order valence-corrected chi connectivity index (χ1v) is 7.92. The highest BCUT2D eigenvalue weighted by Crippen LogP contribution is 2.21. The Morgan fingerprint density at radius 1 is 1.43 bits per heavy atom. The predicted molar refractivity (Wildman–Crippen MR) is 78.3 cm³/mol. The maximum atomic E-state index is 12.0. The van der Waals surface area contributed by atoms with Gasteiger partial charge < -0.3 is 10.6 Å². The fourth-order valence-electron chi connectivity index (χ4n) is 1.70. The molecule has 21 heavy (non-hydrogen) atoms. The summed E-state index contributed by atoms with van der Waals surface area (Å²) in [6.07, 6.45) is 1.00. The zero-order valence-corrected chi connectivity index (χ0v) is 12.8. The van der Waals surface area contributed by atoms with Crippen LogP contribution in [0.2, 0.25) is 0 Å². The first kappa shape index (κ1) is 17.3. The maximum absolute atomic E-state index is 12.0. The van der Waals surface area contributed by atoms with Crippen molar-refractivity contribution in [3.63, 3.8) is 0 Å². The van der Waals surface area contributed by atoms with Gasteiger partial charge in [-0.15, -0.1) is 0 Å². The lowest BCUT2D eigenvalue weighted by Crippen LogP contribution is -2.34. The van der Waals surface area contributed by atoms with Crippen LogP contribution in [0.5, 0.6) is 0 Å². The number of nitrogen functional groups attached to an aromatic ring is 1. The van der Waals surface area contributed by atoms with Crippen LogP contribution >= 0.6 is 0 Å². The summed E-state index contributed by atoms with van der Waals surface area (Å²) in [6.45, 7) is 6.34. The van der Waals surface area contributed by atoms with E-state index in [1.54, 1.807) is 0 Å². The summed E-state index contributed by atoms with van der Waals surface area (Å²) in [5.41, 5.74) is 4.81. The Kier molecular flexibility index (Phi) is 6.00. The van der Waals surface area contributed by atoms with E-state index in [2.05, 4.69) is 9.71 Å². The average molecular weight is 317 g/mol. The zero-order valence-electron chi connectivity index (χ0n) is 11.9. The van der Waals surface area contributed by atoms with Crippen LogP contribution in [-0.4, -0.2) is 49.4 Å². The highest BCUT2D eigenvalue weighted by molar-refractivity contribution is 7.89. The van der Waals surface area contributed by atoms with Gasteiger partial charge in [-0.05, 0) is 13.1 Å². The molecule has 0 aliphatic carbocycles. The molecule has 0 unspecified atom stereocenters. The number of aromatic nitrogens is 1. The Balaban J connectivity index is 2.84. The Morgan fingerprint density at radius 3 is 2.57 bits per heavy atom. The Hall–Kier alpha value is -1.78. The van der Waals surface area contributed by atoms with Gasteiger partial charge in [0.05, 0.1) is 4.92 Å². The number of nitrogens with two attached hydrogens (primary N) is 1. The quantitative estimate of drug-likeness (QED) is 0.516. The van der Waals surface area contributed by atoms with Crippen LogP contribution in [0.1, 0.15) is 13.8 Å². The number of likely N-dealkylation sites (N-methyl/N-ethyl adjacent to an activating group) is 1. The third-order valence-corrected chi connectivity index (χ3v) is 4.42. The molecule has 0 saturated heterocycles. The number of nitro groups is 1. The molecule has 0 atom stereocenters. The highest BCUT2D eigenvalue weighted by atomic mass is 32.2. The van der Waals surface area contributed by atoms with Crippen LogP contribution in [0.4, 0.5) is 11.5 Å². The summed E-state index contributed by atoms with van der Waals surface area (Å²) in [5.74, 6) is -0.318. The molecule has 10 heteroatoms. The monoisotopic (exact) mass is 317 g/mol.